The molecule has 2 N–H and O–H groups in total. The van der Waals surface area contributed by atoms with Gasteiger partial charge in [0.15, 0.2) is 0 Å². The van der Waals surface area contributed by atoms with Crippen LogP contribution in [0.2, 0.25) is 5.02 Å². The zero-order chi connectivity index (χ0) is 13.8. The molecule has 2 aromatic rings. The number of amides is 1. The number of hydrogen-bond acceptors (Lipinski definition) is 2. The van der Waals surface area contributed by atoms with Crippen molar-refractivity contribution in [3.8, 4) is 5.75 Å². The maximum absolute atomic E-state index is 12.8. The summed E-state index contributed by atoms with van der Waals surface area (Å²) in [6.45, 7) is 0.268. The third-order valence-corrected chi connectivity index (χ3v) is 2.82. The molecule has 3 nitrogen and oxygen atoms in total. The summed E-state index contributed by atoms with van der Waals surface area (Å²) in [7, 11) is 0. The molecule has 0 aliphatic carbocycles. The van der Waals surface area contributed by atoms with Crippen molar-refractivity contribution in [2.45, 2.75) is 6.61 Å². The highest BCUT2D eigenvalue weighted by molar-refractivity contribution is 6.32. The lowest BCUT2D eigenvalue weighted by atomic mass is 10.1. The molecule has 0 aromatic heterocycles. The molecule has 5 heteroatoms. The number of hydrogen-bond donors (Lipinski definition) is 1. The summed E-state index contributed by atoms with van der Waals surface area (Å²) in [6, 6.07) is 10.6. The van der Waals surface area contributed by atoms with Crippen LogP contribution in [0.15, 0.2) is 42.5 Å². The quantitative estimate of drug-likeness (QED) is 0.935. The van der Waals surface area contributed by atoms with E-state index in [0.29, 0.717) is 11.3 Å². The van der Waals surface area contributed by atoms with Gasteiger partial charge >= 0.3 is 0 Å². The molecule has 1 amide bonds. The first-order valence-electron chi connectivity index (χ1n) is 5.53. The number of nitrogens with two attached hydrogens (primary N) is 1. The molecule has 0 saturated carbocycles. The summed E-state index contributed by atoms with van der Waals surface area (Å²) in [5, 5.41) is 0.216. The summed E-state index contributed by atoms with van der Waals surface area (Å²) in [5.41, 5.74) is 6.43. The number of halogens is 2. The lowest BCUT2D eigenvalue weighted by molar-refractivity contribution is 0.1000. The molecule has 0 radical (unpaired) electrons. The minimum absolute atomic E-state index is 0.216. The van der Waals surface area contributed by atoms with E-state index in [1.807, 2.05) is 0 Å². The predicted molar refractivity (Wildman–Crippen MR) is 70.7 cm³/mol. The molecule has 19 heavy (non-hydrogen) atoms. The van der Waals surface area contributed by atoms with Gasteiger partial charge in [-0.2, -0.15) is 0 Å². The summed E-state index contributed by atoms with van der Waals surface area (Å²) >= 11 is 5.84. The van der Waals surface area contributed by atoms with Gasteiger partial charge in [0, 0.05) is 5.56 Å². The van der Waals surface area contributed by atoms with Crippen LogP contribution in [0.3, 0.4) is 0 Å². The van der Waals surface area contributed by atoms with Crippen LogP contribution in [-0.4, -0.2) is 5.91 Å². The normalized spacial score (nSPS) is 10.2. The average Bonchev–Trinajstić information content (AvgIpc) is 2.38. The minimum atomic E-state index is -0.478. The SMILES string of the molecule is NC(=O)c1ccc(COc2ccc(F)cc2Cl)cc1. The Kier molecular flexibility index (Phi) is 4.02. The second kappa shape index (κ2) is 5.71. The van der Waals surface area contributed by atoms with Gasteiger partial charge in [0.1, 0.15) is 18.2 Å². The molecule has 0 aliphatic heterocycles. The number of benzene rings is 2. The van der Waals surface area contributed by atoms with E-state index in [1.165, 1.54) is 18.2 Å². The fourth-order valence-corrected chi connectivity index (χ4v) is 1.74. The summed E-state index contributed by atoms with van der Waals surface area (Å²) in [5.74, 6) is -0.487. The van der Waals surface area contributed by atoms with Gasteiger partial charge in [-0.3, -0.25) is 4.79 Å². The summed E-state index contributed by atoms with van der Waals surface area (Å²) in [6.07, 6.45) is 0. The van der Waals surface area contributed by atoms with E-state index in [-0.39, 0.29) is 11.6 Å². The van der Waals surface area contributed by atoms with Crippen molar-refractivity contribution < 1.29 is 13.9 Å². The third kappa shape index (κ3) is 3.45. The van der Waals surface area contributed by atoms with Crippen LogP contribution in [0.25, 0.3) is 0 Å². The molecule has 2 rings (SSSR count). The smallest absolute Gasteiger partial charge is 0.248 e. The Morgan fingerprint density at radius 1 is 1.21 bits per heavy atom. The first kappa shape index (κ1) is 13.4. The van der Waals surface area contributed by atoms with Crippen molar-refractivity contribution >= 4 is 17.5 Å². The molecule has 0 aliphatic rings. The van der Waals surface area contributed by atoms with E-state index in [9.17, 15) is 9.18 Å². The molecule has 0 saturated heterocycles. The number of carbonyl (C=O) groups excluding carboxylic acids is 1. The highest BCUT2D eigenvalue weighted by Crippen LogP contribution is 2.25. The lowest BCUT2D eigenvalue weighted by Gasteiger charge is -2.08. The van der Waals surface area contributed by atoms with E-state index in [1.54, 1.807) is 24.3 Å². The van der Waals surface area contributed by atoms with E-state index < -0.39 is 11.7 Å². The summed E-state index contributed by atoms with van der Waals surface area (Å²) in [4.78, 5) is 10.9. The lowest BCUT2D eigenvalue weighted by Crippen LogP contribution is -2.10. The molecule has 0 bridgehead atoms. The zero-order valence-electron chi connectivity index (χ0n) is 9.90. The van der Waals surface area contributed by atoms with E-state index in [4.69, 9.17) is 22.1 Å². The van der Waals surface area contributed by atoms with Gasteiger partial charge in [-0.25, -0.2) is 4.39 Å². The van der Waals surface area contributed by atoms with Gasteiger partial charge in [0.05, 0.1) is 5.02 Å². The van der Waals surface area contributed by atoms with Crippen molar-refractivity contribution in [2.24, 2.45) is 5.73 Å². The van der Waals surface area contributed by atoms with Gasteiger partial charge in [-0.15, -0.1) is 0 Å². The third-order valence-electron chi connectivity index (χ3n) is 2.53. The van der Waals surface area contributed by atoms with Gasteiger partial charge < -0.3 is 10.5 Å². The standard InChI is InChI=1S/C14H11ClFNO2/c15-12-7-11(16)5-6-13(12)19-8-9-1-3-10(4-2-9)14(17)18/h1-7H,8H2,(H2,17,18). The van der Waals surface area contributed by atoms with Crippen LogP contribution in [0.5, 0.6) is 5.75 Å². The Balaban J connectivity index is 2.04. The first-order chi connectivity index (χ1) is 9.06. The zero-order valence-corrected chi connectivity index (χ0v) is 10.7. The number of ether oxygens (including phenoxy) is 1. The predicted octanol–water partition coefficient (Wildman–Crippen LogP) is 3.16. The Labute approximate surface area is 114 Å². The van der Waals surface area contributed by atoms with Crippen molar-refractivity contribution in [2.75, 3.05) is 0 Å². The fourth-order valence-electron chi connectivity index (χ4n) is 1.52. The average molecular weight is 280 g/mol. The van der Waals surface area contributed by atoms with Crippen molar-refractivity contribution in [3.05, 3.63) is 64.4 Å². The maximum Gasteiger partial charge on any atom is 0.248 e. The van der Waals surface area contributed by atoms with E-state index >= 15 is 0 Å². The Morgan fingerprint density at radius 3 is 2.47 bits per heavy atom. The molecule has 2 aromatic carbocycles. The fraction of sp³-hybridized carbons (Fsp3) is 0.0714. The Bertz CT molecular complexity index is 599. The molecule has 0 fully saturated rings. The number of rotatable bonds is 4. The van der Waals surface area contributed by atoms with Crippen LogP contribution >= 0.6 is 11.6 Å². The largest absolute Gasteiger partial charge is 0.487 e. The van der Waals surface area contributed by atoms with Gasteiger partial charge in [-0.05, 0) is 35.9 Å². The molecule has 98 valence electrons. The van der Waals surface area contributed by atoms with Crippen LogP contribution < -0.4 is 10.5 Å². The molecule has 0 spiro atoms. The second-order valence-electron chi connectivity index (χ2n) is 3.92. The van der Waals surface area contributed by atoms with Gasteiger partial charge in [0.25, 0.3) is 0 Å². The van der Waals surface area contributed by atoms with Crippen molar-refractivity contribution in [1.82, 2.24) is 0 Å². The van der Waals surface area contributed by atoms with Crippen molar-refractivity contribution in [3.63, 3.8) is 0 Å². The van der Waals surface area contributed by atoms with Gasteiger partial charge in [-0.1, -0.05) is 23.7 Å². The Hall–Kier alpha value is -2.07. The van der Waals surface area contributed by atoms with Crippen LogP contribution in [-0.2, 0) is 6.61 Å². The van der Waals surface area contributed by atoms with E-state index in [2.05, 4.69) is 0 Å². The second-order valence-corrected chi connectivity index (χ2v) is 4.33. The molecular formula is C14H11ClFNO2. The number of carbonyl (C=O) groups is 1. The molecule has 0 heterocycles. The Morgan fingerprint density at radius 2 is 1.89 bits per heavy atom. The number of primary amides is 1. The molecule has 0 atom stereocenters. The van der Waals surface area contributed by atoms with E-state index in [0.717, 1.165) is 5.56 Å². The highest BCUT2D eigenvalue weighted by atomic mass is 35.5. The van der Waals surface area contributed by atoms with Gasteiger partial charge in [0.2, 0.25) is 5.91 Å². The molecule has 0 unspecified atom stereocenters. The monoisotopic (exact) mass is 279 g/mol. The highest BCUT2D eigenvalue weighted by Gasteiger charge is 2.04. The maximum atomic E-state index is 12.8. The van der Waals surface area contributed by atoms with Crippen LogP contribution in [0.4, 0.5) is 4.39 Å². The summed E-state index contributed by atoms with van der Waals surface area (Å²) < 4.78 is 18.3. The van der Waals surface area contributed by atoms with Crippen molar-refractivity contribution in [1.29, 1.82) is 0 Å². The van der Waals surface area contributed by atoms with Crippen LogP contribution in [0.1, 0.15) is 15.9 Å². The molecular weight excluding hydrogens is 269 g/mol. The minimum Gasteiger partial charge on any atom is -0.487 e. The first-order valence-corrected chi connectivity index (χ1v) is 5.90. The topological polar surface area (TPSA) is 52.3 Å². The van der Waals surface area contributed by atoms with Crippen LogP contribution in [0, 0.1) is 5.82 Å².